The van der Waals surface area contributed by atoms with E-state index in [1.165, 1.54) is 7.11 Å². The number of hydrogen-bond acceptors (Lipinski definition) is 4. The molecule has 5 nitrogen and oxygen atoms in total. The van der Waals surface area contributed by atoms with Crippen LogP contribution in [0, 0.1) is 5.92 Å². The first-order valence-electron chi connectivity index (χ1n) is 7.50. The summed E-state index contributed by atoms with van der Waals surface area (Å²) in [5, 5.41) is 3.05. The minimum Gasteiger partial charge on any atom is -0.495 e. The van der Waals surface area contributed by atoms with E-state index in [1.807, 2.05) is 6.08 Å². The topological polar surface area (TPSA) is 64.6 Å². The molecule has 23 heavy (non-hydrogen) atoms. The SMILES string of the molecule is COc1ccc(NC(=O)[C@H](C)OC(=O)C[C@H]2C=CCC2)cc1Cl. The van der Waals surface area contributed by atoms with E-state index in [2.05, 4.69) is 11.4 Å². The summed E-state index contributed by atoms with van der Waals surface area (Å²) in [6, 6.07) is 4.90. The fraction of sp³-hybridized carbons (Fsp3) is 0.412. The van der Waals surface area contributed by atoms with Gasteiger partial charge in [-0.2, -0.15) is 0 Å². The summed E-state index contributed by atoms with van der Waals surface area (Å²) in [4.78, 5) is 23.9. The van der Waals surface area contributed by atoms with Crippen molar-refractivity contribution < 1.29 is 19.1 Å². The minimum absolute atomic E-state index is 0.221. The molecule has 0 saturated carbocycles. The minimum atomic E-state index is -0.867. The number of halogens is 1. The molecule has 0 aromatic heterocycles. The number of carbonyl (C=O) groups excluding carboxylic acids is 2. The third-order valence-electron chi connectivity index (χ3n) is 3.64. The molecule has 6 heteroatoms. The maximum Gasteiger partial charge on any atom is 0.307 e. The highest BCUT2D eigenvalue weighted by Crippen LogP contribution is 2.27. The number of benzene rings is 1. The van der Waals surface area contributed by atoms with Crippen LogP contribution in [-0.2, 0) is 14.3 Å². The van der Waals surface area contributed by atoms with Gasteiger partial charge in [-0.1, -0.05) is 23.8 Å². The summed E-state index contributed by atoms with van der Waals surface area (Å²) in [5.41, 5.74) is 0.516. The first kappa shape index (κ1) is 17.3. The average Bonchev–Trinajstić information content (AvgIpc) is 3.00. The van der Waals surface area contributed by atoms with Crippen LogP contribution >= 0.6 is 11.6 Å². The molecule has 1 N–H and O–H groups in total. The Morgan fingerprint density at radius 3 is 2.83 bits per heavy atom. The number of anilines is 1. The molecule has 0 fully saturated rings. The Morgan fingerprint density at radius 1 is 1.43 bits per heavy atom. The van der Waals surface area contributed by atoms with E-state index in [4.69, 9.17) is 21.1 Å². The van der Waals surface area contributed by atoms with Gasteiger partial charge < -0.3 is 14.8 Å². The first-order valence-corrected chi connectivity index (χ1v) is 7.88. The summed E-state index contributed by atoms with van der Waals surface area (Å²) >= 11 is 6.00. The van der Waals surface area contributed by atoms with Gasteiger partial charge in [0.05, 0.1) is 18.6 Å². The van der Waals surface area contributed by atoms with Crippen molar-refractivity contribution in [1.82, 2.24) is 0 Å². The van der Waals surface area contributed by atoms with Crippen LogP contribution in [0.2, 0.25) is 5.02 Å². The lowest BCUT2D eigenvalue weighted by atomic mass is 10.1. The molecule has 1 aromatic rings. The first-order chi connectivity index (χ1) is 11.0. The third kappa shape index (κ3) is 4.99. The number of nitrogens with one attached hydrogen (secondary N) is 1. The zero-order valence-electron chi connectivity index (χ0n) is 13.2. The Kier molecular flexibility index (Phi) is 6.04. The highest BCUT2D eigenvalue weighted by Gasteiger charge is 2.21. The summed E-state index contributed by atoms with van der Waals surface area (Å²) < 4.78 is 10.2. The summed E-state index contributed by atoms with van der Waals surface area (Å²) in [6.07, 6.45) is 5.47. The van der Waals surface area contributed by atoms with Crippen LogP contribution in [-0.4, -0.2) is 25.1 Å². The van der Waals surface area contributed by atoms with Gasteiger partial charge in [-0.25, -0.2) is 0 Å². The van der Waals surface area contributed by atoms with Crippen LogP contribution in [0.1, 0.15) is 26.2 Å². The van der Waals surface area contributed by atoms with Crippen LogP contribution in [0.4, 0.5) is 5.69 Å². The van der Waals surface area contributed by atoms with Crippen molar-refractivity contribution in [2.24, 2.45) is 5.92 Å². The van der Waals surface area contributed by atoms with Gasteiger partial charge in [0.1, 0.15) is 5.75 Å². The molecule has 0 heterocycles. The van der Waals surface area contributed by atoms with Crippen molar-refractivity contribution in [3.63, 3.8) is 0 Å². The van der Waals surface area contributed by atoms with Crippen molar-refractivity contribution in [2.75, 3.05) is 12.4 Å². The zero-order valence-corrected chi connectivity index (χ0v) is 13.9. The predicted octanol–water partition coefficient (Wildman–Crippen LogP) is 3.58. The zero-order chi connectivity index (χ0) is 16.8. The van der Waals surface area contributed by atoms with Gasteiger partial charge in [-0.15, -0.1) is 0 Å². The van der Waals surface area contributed by atoms with Gasteiger partial charge in [0, 0.05) is 5.69 Å². The van der Waals surface area contributed by atoms with Gasteiger partial charge in [0.25, 0.3) is 5.91 Å². The number of methoxy groups -OCH3 is 1. The van der Waals surface area contributed by atoms with Gasteiger partial charge in [0.15, 0.2) is 6.10 Å². The second-order valence-electron chi connectivity index (χ2n) is 5.44. The van der Waals surface area contributed by atoms with Crippen LogP contribution in [0.15, 0.2) is 30.4 Å². The Labute approximate surface area is 140 Å². The lowest BCUT2D eigenvalue weighted by Gasteiger charge is -2.15. The van der Waals surface area contributed by atoms with Crippen molar-refractivity contribution in [1.29, 1.82) is 0 Å². The predicted molar refractivity (Wildman–Crippen MR) is 88.7 cm³/mol. The molecule has 0 radical (unpaired) electrons. The Bertz CT molecular complexity index is 615. The fourth-order valence-electron chi connectivity index (χ4n) is 2.37. The normalized spacial score (nSPS) is 17.6. The van der Waals surface area contributed by atoms with E-state index in [0.29, 0.717) is 22.9 Å². The van der Waals surface area contributed by atoms with Crippen LogP contribution < -0.4 is 10.1 Å². The van der Waals surface area contributed by atoms with E-state index in [0.717, 1.165) is 12.8 Å². The molecule has 0 saturated heterocycles. The molecule has 1 aliphatic rings. The summed E-state index contributed by atoms with van der Waals surface area (Å²) in [7, 11) is 1.51. The Balaban J connectivity index is 1.85. The number of hydrogen-bond donors (Lipinski definition) is 1. The lowest BCUT2D eigenvalue weighted by molar-refractivity contribution is -0.153. The standard InChI is InChI=1S/C17H20ClNO4/c1-11(23-16(20)9-12-5-3-4-6-12)17(21)19-13-7-8-15(22-2)14(18)10-13/h3,5,7-8,10-12H,4,6,9H2,1-2H3,(H,19,21)/t11-,12-/m0/s1. The quantitative estimate of drug-likeness (QED) is 0.636. The largest absolute Gasteiger partial charge is 0.495 e. The van der Waals surface area contributed by atoms with Gasteiger partial charge in [0.2, 0.25) is 0 Å². The van der Waals surface area contributed by atoms with Crippen LogP contribution in [0.5, 0.6) is 5.75 Å². The smallest absolute Gasteiger partial charge is 0.307 e. The molecule has 2 rings (SSSR count). The van der Waals surface area contributed by atoms with Crippen LogP contribution in [0.25, 0.3) is 0 Å². The molecule has 0 aliphatic heterocycles. The number of rotatable bonds is 6. The fourth-order valence-corrected chi connectivity index (χ4v) is 2.62. The lowest BCUT2D eigenvalue weighted by Crippen LogP contribution is -2.30. The van der Waals surface area contributed by atoms with E-state index in [1.54, 1.807) is 25.1 Å². The van der Waals surface area contributed by atoms with E-state index in [9.17, 15) is 9.59 Å². The number of esters is 1. The number of ether oxygens (including phenoxy) is 2. The second-order valence-corrected chi connectivity index (χ2v) is 5.85. The van der Waals surface area contributed by atoms with E-state index >= 15 is 0 Å². The summed E-state index contributed by atoms with van der Waals surface area (Å²) in [6.45, 7) is 1.54. The molecule has 0 unspecified atom stereocenters. The maximum atomic E-state index is 12.1. The highest BCUT2D eigenvalue weighted by molar-refractivity contribution is 6.32. The molecule has 1 amide bonds. The Morgan fingerprint density at radius 2 is 2.22 bits per heavy atom. The van der Waals surface area contributed by atoms with E-state index in [-0.39, 0.29) is 11.9 Å². The third-order valence-corrected chi connectivity index (χ3v) is 3.93. The summed E-state index contributed by atoms with van der Waals surface area (Å²) in [5.74, 6) is -0.0228. The van der Waals surface area contributed by atoms with Gasteiger partial charge in [-0.05, 0) is 43.9 Å². The number of allylic oxidation sites excluding steroid dienone is 2. The number of amides is 1. The van der Waals surface area contributed by atoms with Gasteiger partial charge >= 0.3 is 5.97 Å². The molecular formula is C17H20ClNO4. The van der Waals surface area contributed by atoms with Gasteiger partial charge in [-0.3, -0.25) is 9.59 Å². The second kappa shape index (κ2) is 8.02. The maximum absolute atomic E-state index is 12.1. The molecule has 0 bridgehead atoms. The van der Waals surface area contributed by atoms with Crippen molar-refractivity contribution >= 4 is 29.2 Å². The molecule has 1 aliphatic carbocycles. The van der Waals surface area contributed by atoms with Crippen molar-refractivity contribution in [3.8, 4) is 5.75 Å². The molecule has 1 aromatic carbocycles. The Hall–Kier alpha value is -2.01. The monoisotopic (exact) mass is 337 g/mol. The van der Waals surface area contributed by atoms with E-state index < -0.39 is 12.0 Å². The molecule has 124 valence electrons. The highest BCUT2D eigenvalue weighted by atomic mass is 35.5. The van der Waals surface area contributed by atoms with Crippen LogP contribution in [0.3, 0.4) is 0 Å². The number of carbonyl (C=O) groups is 2. The average molecular weight is 338 g/mol. The molecule has 2 atom stereocenters. The van der Waals surface area contributed by atoms with Crippen molar-refractivity contribution in [2.45, 2.75) is 32.3 Å². The van der Waals surface area contributed by atoms with Crippen molar-refractivity contribution in [3.05, 3.63) is 35.4 Å². The molecular weight excluding hydrogens is 318 g/mol. The molecule has 0 spiro atoms.